The number of carbonyl (C=O) groups is 1. The number of aromatic nitrogens is 1. The molecule has 0 unspecified atom stereocenters. The largest absolute Gasteiger partial charge is 0.460 e. The Balaban J connectivity index is 2.01. The zero-order chi connectivity index (χ0) is 15.0. The number of aryl methyl sites for hydroxylation is 1. The Morgan fingerprint density at radius 3 is 2.86 bits per heavy atom. The van der Waals surface area contributed by atoms with Crippen molar-refractivity contribution in [3.05, 3.63) is 40.2 Å². The Bertz CT molecular complexity index is 689. The molecule has 5 heteroatoms. The monoisotopic (exact) mass is 305 g/mol. The molecule has 0 spiro atoms. The number of hydrogen-bond acceptors (Lipinski definition) is 4. The fourth-order valence-corrected chi connectivity index (χ4v) is 2.33. The molecule has 21 heavy (non-hydrogen) atoms. The van der Waals surface area contributed by atoms with Crippen molar-refractivity contribution in [1.29, 1.82) is 0 Å². The third-order valence-corrected chi connectivity index (χ3v) is 3.91. The van der Waals surface area contributed by atoms with E-state index >= 15 is 0 Å². The van der Waals surface area contributed by atoms with Crippen LogP contribution in [0.5, 0.6) is 0 Å². The lowest BCUT2D eigenvalue weighted by Gasteiger charge is -2.00. The molecule has 2 aromatic rings. The van der Waals surface area contributed by atoms with Crippen LogP contribution in [0, 0.1) is 6.92 Å². The van der Waals surface area contributed by atoms with Gasteiger partial charge in [0.2, 0.25) is 11.7 Å². The summed E-state index contributed by atoms with van der Waals surface area (Å²) in [5, 5.41) is 0.693. The van der Waals surface area contributed by atoms with Gasteiger partial charge >= 0.3 is 5.97 Å². The second-order valence-corrected chi connectivity index (χ2v) is 5.60. The average Bonchev–Trinajstić information content (AvgIpc) is 3.21. The van der Waals surface area contributed by atoms with Crippen molar-refractivity contribution in [1.82, 2.24) is 4.98 Å². The van der Waals surface area contributed by atoms with Crippen molar-refractivity contribution in [3.63, 3.8) is 0 Å². The summed E-state index contributed by atoms with van der Waals surface area (Å²) in [5.74, 6) is 0.556. The van der Waals surface area contributed by atoms with Crippen molar-refractivity contribution in [2.75, 3.05) is 6.61 Å². The molecule has 1 saturated carbocycles. The molecule has 0 atom stereocenters. The van der Waals surface area contributed by atoms with Crippen molar-refractivity contribution < 1.29 is 13.9 Å². The summed E-state index contributed by atoms with van der Waals surface area (Å²) < 4.78 is 10.7. The molecular weight excluding hydrogens is 290 g/mol. The molecule has 1 heterocycles. The zero-order valence-electron chi connectivity index (χ0n) is 12.0. The summed E-state index contributed by atoms with van der Waals surface area (Å²) in [4.78, 5) is 16.5. The quantitative estimate of drug-likeness (QED) is 0.788. The fraction of sp³-hybridized carbons (Fsp3) is 0.375. The smallest absolute Gasteiger partial charge is 0.376 e. The van der Waals surface area contributed by atoms with Crippen LogP contribution in [0.4, 0.5) is 0 Å². The molecule has 3 rings (SSSR count). The van der Waals surface area contributed by atoms with Crippen molar-refractivity contribution >= 4 is 17.6 Å². The van der Waals surface area contributed by atoms with E-state index in [2.05, 4.69) is 4.98 Å². The predicted octanol–water partition coefficient (Wildman–Crippen LogP) is 4.36. The summed E-state index contributed by atoms with van der Waals surface area (Å²) in [6, 6.07) is 5.55. The van der Waals surface area contributed by atoms with Gasteiger partial charge in [0.1, 0.15) is 0 Å². The minimum Gasteiger partial charge on any atom is -0.460 e. The zero-order valence-corrected chi connectivity index (χ0v) is 12.7. The van der Waals surface area contributed by atoms with Gasteiger partial charge in [0.25, 0.3) is 0 Å². The highest BCUT2D eigenvalue weighted by atomic mass is 35.5. The minimum absolute atomic E-state index is 0.238. The van der Waals surface area contributed by atoms with E-state index in [1.807, 2.05) is 19.1 Å². The lowest BCUT2D eigenvalue weighted by molar-refractivity contribution is 0.0489. The number of halogens is 1. The number of benzene rings is 1. The maximum Gasteiger partial charge on any atom is 0.376 e. The Labute approximate surface area is 128 Å². The van der Waals surface area contributed by atoms with Crippen LogP contribution in [0.1, 0.15) is 47.5 Å². The molecule has 0 radical (unpaired) electrons. The van der Waals surface area contributed by atoms with Crippen molar-refractivity contribution in [2.45, 2.75) is 32.6 Å². The number of ether oxygens (including phenoxy) is 1. The lowest BCUT2D eigenvalue weighted by Crippen LogP contribution is -2.05. The number of carbonyl (C=O) groups excluding carboxylic acids is 1. The molecule has 1 aliphatic carbocycles. The maximum absolute atomic E-state index is 12.0. The van der Waals surface area contributed by atoms with Gasteiger partial charge in [-0.05, 0) is 50.5 Å². The normalized spacial score (nSPS) is 14.2. The van der Waals surface area contributed by atoms with Crippen LogP contribution in [0.25, 0.3) is 11.5 Å². The first-order valence-corrected chi connectivity index (χ1v) is 7.42. The van der Waals surface area contributed by atoms with Crippen LogP contribution in [0.15, 0.2) is 22.6 Å². The molecule has 1 aromatic carbocycles. The second-order valence-electron chi connectivity index (χ2n) is 5.19. The van der Waals surface area contributed by atoms with E-state index in [9.17, 15) is 4.79 Å². The molecular formula is C16H16ClNO3. The topological polar surface area (TPSA) is 52.3 Å². The van der Waals surface area contributed by atoms with Crippen LogP contribution in [-0.2, 0) is 4.74 Å². The van der Waals surface area contributed by atoms with Gasteiger partial charge in [-0.2, -0.15) is 0 Å². The maximum atomic E-state index is 12.0. The first-order valence-electron chi connectivity index (χ1n) is 7.04. The van der Waals surface area contributed by atoms with Crippen molar-refractivity contribution in [3.8, 4) is 11.5 Å². The van der Waals surface area contributed by atoms with Crippen LogP contribution >= 0.6 is 11.6 Å². The van der Waals surface area contributed by atoms with E-state index in [0.717, 1.165) is 29.7 Å². The van der Waals surface area contributed by atoms with Crippen LogP contribution in [0.2, 0.25) is 5.02 Å². The molecule has 1 aliphatic rings. The Morgan fingerprint density at radius 1 is 1.48 bits per heavy atom. The van der Waals surface area contributed by atoms with E-state index in [1.165, 1.54) is 0 Å². The van der Waals surface area contributed by atoms with Crippen LogP contribution in [0.3, 0.4) is 0 Å². The van der Waals surface area contributed by atoms with E-state index in [4.69, 9.17) is 20.8 Å². The molecule has 1 fully saturated rings. The van der Waals surface area contributed by atoms with Crippen LogP contribution in [-0.4, -0.2) is 17.6 Å². The summed E-state index contributed by atoms with van der Waals surface area (Å²) in [6.45, 7) is 4.01. The first kappa shape index (κ1) is 14.1. The highest BCUT2D eigenvalue weighted by Crippen LogP contribution is 2.42. The van der Waals surface area contributed by atoms with Gasteiger partial charge in [0, 0.05) is 16.5 Å². The SMILES string of the molecule is CCOC(=O)c1oc(-c2ccc(Cl)c(C)c2)nc1C1CC1. The molecule has 4 nitrogen and oxygen atoms in total. The summed E-state index contributed by atoms with van der Waals surface area (Å²) in [6.07, 6.45) is 2.08. The van der Waals surface area contributed by atoms with Gasteiger partial charge in [-0.3, -0.25) is 0 Å². The first-order chi connectivity index (χ1) is 10.1. The Hall–Kier alpha value is -1.81. The summed E-state index contributed by atoms with van der Waals surface area (Å²) in [5.41, 5.74) is 2.48. The van der Waals surface area contributed by atoms with Gasteiger partial charge in [0.15, 0.2) is 0 Å². The van der Waals surface area contributed by atoms with Gasteiger partial charge in [0.05, 0.1) is 12.3 Å². The second kappa shape index (κ2) is 5.53. The Morgan fingerprint density at radius 2 is 2.24 bits per heavy atom. The molecule has 110 valence electrons. The number of nitrogens with zero attached hydrogens (tertiary/aromatic N) is 1. The molecule has 0 amide bonds. The van der Waals surface area contributed by atoms with Gasteiger partial charge in [-0.15, -0.1) is 0 Å². The minimum atomic E-state index is -0.441. The van der Waals surface area contributed by atoms with Gasteiger partial charge < -0.3 is 9.15 Å². The van der Waals surface area contributed by atoms with Crippen LogP contribution < -0.4 is 0 Å². The molecule has 0 saturated heterocycles. The average molecular weight is 306 g/mol. The van der Waals surface area contributed by atoms with Gasteiger partial charge in [-0.1, -0.05) is 11.6 Å². The predicted molar refractivity (Wildman–Crippen MR) is 79.6 cm³/mol. The summed E-state index contributed by atoms with van der Waals surface area (Å²) >= 11 is 6.03. The summed E-state index contributed by atoms with van der Waals surface area (Å²) in [7, 11) is 0. The van der Waals surface area contributed by atoms with Crippen molar-refractivity contribution in [2.24, 2.45) is 0 Å². The van der Waals surface area contributed by atoms with E-state index in [-0.39, 0.29) is 5.76 Å². The third kappa shape index (κ3) is 2.81. The Kier molecular flexibility index (Phi) is 3.72. The highest BCUT2D eigenvalue weighted by molar-refractivity contribution is 6.31. The van der Waals surface area contributed by atoms with Gasteiger partial charge in [-0.25, -0.2) is 9.78 Å². The van der Waals surface area contributed by atoms with E-state index < -0.39 is 5.97 Å². The molecule has 0 aliphatic heterocycles. The lowest BCUT2D eigenvalue weighted by atomic mass is 10.1. The number of oxazole rings is 1. The highest BCUT2D eigenvalue weighted by Gasteiger charge is 2.34. The number of rotatable bonds is 4. The molecule has 1 aromatic heterocycles. The van der Waals surface area contributed by atoms with E-state index in [0.29, 0.717) is 23.4 Å². The molecule has 0 bridgehead atoms. The third-order valence-electron chi connectivity index (χ3n) is 3.48. The fourth-order valence-electron chi connectivity index (χ4n) is 2.21. The van der Waals surface area contributed by atoms with E-state index in [1.54, 1.807) is 13.0 Å². The molecule has 0 N–H and O–H groups in total. The number of esters is 1. The number of hydrogen-bond donors (Lipinski definition) is 0. The standard InChI is InChI=1S/C16H16ClNO3/c1-3-20-16(19)14-13(10-4-5-10)18-15(21-14)11-6-7-12(17)9(2)8-11/h6-8,10H,3-5H2,1-2H3.